The highest BCUT2D eigenvalue weighted by molar-refractivity contribution is 5.98. The Morgan fingerprint density at radius 3 is 3.10 bits per heavy atom. The molecule has 1 atom stereocenters. The van der Waals surface area contributed by atoms with Crippen molar-refractivity contribution in [3.05, 3.63) is 23.8 Å². The van der Waals surface area contributed by atoms with Gasteiger partial charge in [-0.2, -0.15) is 0 Å². The van der Waals surface area contributed by atoms with E-state index in [0.29, 0.717) is 36.1 Å². The number of rotatable bonds is 5. The molecule has 3 N–H and O–H groups in total. The van der Waals surface area contributed by atoms with Crippen LogP contribution in [0.3, 0.4) is 0 Å². The van der Waals surface area contributed by atoms with Crippen molar-refractivity contribution in [3.8, 4) is 5.75 Å². The van der Waals surface area contributed by atoms with Crippen LogP contribution in [0.1, 0.15) is 30.1 Å². The highest BCUT2D eigenvalue weighted by Crippen LogP contribution is 2.26. The van der Waals surface area contributed by atoms with Gasteiger partial charge in [0.05, 0.1) is 24.5 Å². The second-order valence-corrected chi connectivity index (χ2v) is 4.95. The molecule has 1 aliphatic rings. The van der Waals surface area contributed by atoms with E-state index in [4.69, 9.17) is 15.2 Å². The highest BCUT2D eigenvalue weighted by Gasteiger charge is 2.18. The van der Waals surface area contributed by atoms with Crippen LogP contribution in [0.5, 0.6) is 5.75 Å². The summed E-state index contributed by atoms with van der Waals surface area (Å²) in [6.45, 7) is 4.52. The fourth-order valence-corrected chi connectivity index (χ4v) is 2.34. The fraction of sp³-hybridized carbons (Fsp3) is 0.533. The zero-order valence-electron chi connectivity index (χ0n) is 11.9. The van der Waals surface area contributed by atoms with Crippen molar-refractivity contribution in [3.63, 3.8) is 0 Å². The van der Waals surface area contributed by atoms with Crippen molar-refractivity contribution in [2.24, 2.45) is 5.92 Å². The molecular formula is C15H22N2O3. The number of nitrogens with one attached hydrogen (secondary N) is 1. The summed E-state index contributed by atoms with van der Waals surface area (Å²) >= 11 is 0. The molecule has 110 valence electrons. The molecule has 1 aromatic rings. The standard InChI is InChI=1S/C15H22N2O3/c1-2-20-14-12(6-3-7-13(14)16)15(18)17-9-11-5-4-8-19-10-11/h3,6-7,11H,2,4-5,8-10,16H2,1H3,(H,17,18). The van der Waals surface area contributed by atoms with E-state index < -0.39 is 0 Å². The lowest BCUT2D eigenvalue weighted by atomic mass is 10.0. The Balaban J connectivity index is 1.99. The van der Waals surface area contributed by atoms with Crippen molar-refractivity contribution in [1.29, 1.82) is 0 Å². The zero-order valence-corrected chi connectivity index (χ0v) is 11.9. The van der Waals surface area contributed by atoms with Gasteiger partial charge in [-0.25, -0.2) is 0 Å². The molecule has 1 aliphatic heterocycles. The first kappa shape index (κ1) is 14.7. The largest absolute Gasteiger partial charge is 0.491 e. The maximum Gasteiger partial charge on any atom is 0.255 e. The van der Waals surface area contributed by atoms with E-state index in [1.807, 2.05) is 6.92 Å². The van der Waals surface area contributed by atoms with Gasteiger partial charge in [-0.15, -0.1) is 0 Å². The number of nitrogen functional groups attached to an aromatic ring is 1. The summed E-state index contributed by atoms with van der Waals surface area (Å²) in [6, 6.07) is 5.22. The summed E-state index contributed by atoms with van der Waals surface area (Å²) in [4.78, 5) is 12.2. The van der Waals surface area contributed by atoms with Gasteiger partial charge in [0, 0.05) is 13.2 Å². The Kier molecular flexibility index (Phi) is 5.24. The van der Waals surface area contributed by atoms with Gasteiger partial charge in [0.1, 0.15) is 0 Å². The van der Waals surface area contributed by atoms with Crippen molar-refractivity contribution in [2.75, 3.05) is 32.1 Å². The number of hydrogen-bond donors (Lipinski definition) is 2. The number of hydrogen-bond acceptors (Lipinski definition) is 4. The SMILES string of the molecule is CCOc1c(N)cccc1C(=O)NCC1CCCOC1. The summed E-state index contributed by atoms with van der Waals surface area (Å²) in [7, 11) is 0. The van der Waals surface area contributed by atoms with Crippen LogP contribution in [0.15, 0.2) is 18.2 Å². The van der Waals surface area contributed by atoms with Crippen LogP contribution in [0, 0.1) is 5.92 Å². The molecule has 1 heterocycles. The normalized spacial score (nSPS) is 18.6. The van der Waals surface area contributed by atoms with Crippen molar-refractivity contribution < 1.29 is 14.3 Å². The van der Waals surface area contributed by atoms with Gasteiger partial charge in [0.25, 0.3) is 5.91 Å². The van der Waals surface area contributed by atoms with Gasteiger partial charge in [0.2, 0.25) is 0 Å². The third-order valence-corrected chi connectivity index (χ3v) is 3.38. The lowest BCUT2D eigenvalue weighted by Crippen LogP contribution is -2.33. The molecular weight excluding hydrogens is 256 g/mol. The summed E-state index contributed by atoms with van der Waals surface area (Å²) in [6.07, 6.45) is 2.15. The zero-order chi connectivity index (χ0) is 14.4. The fourth-order valence-electron chi connectivity index (χ4n) is 2.34. The maximum absolute atomic E-state index is 12.2. The first-order chi connectivity index (χ1) is 9.72. The Morgan fingerprint density at radius 1 is 1.55 bits per heavy atom. The smallest absolute Gasteiger partial charge is 0.255 e. The maximum atomic E-state index is 12.2. The molecule has 1 amide bonds. The molecule has 0 aliphatic carbocycles. The molecule has 5 nitrogen and oxygen atoms in total. The Bertz CT molecular complexity index is 456. The summed E-state index contributed by atoms with van der Waals surface area (Å²) < 4.78 is 10.9. The summed E-state index contributed by atoms with van der Waals surface area (Å²) in [5, 5.41) is 2.94. The molecule has 1 aromatic carbocycles. The van der Waals surface area contributed by atoms with Crippen LogP contribution in [0.2, 0.25) is 0 Å². The van der Waals surface area contributed by atoms with Crippen LogP contribution < -0.4 is 15.8 Å². The van der Waals surface area contributed by atoms with E-state index in [1.165, 1.54) is 0 Å². The average Bonchev–Trinajstić information content (AvgIpc) is 2.48. The predicted molar refractivity (Wildman–Crippen MR) is 77.9 cm³/mol. The number of nitrogens with two attached hydrogens (primary N) is 1. The minimum absolute atomic E-state index is 0.147. The minimum atomic E-state index is -0.147. The molecule has 0 bridgehead atoms. The van der Waals surface area contributed by atoms with Crippen LogP contribution in [-0.4, -0.2) is 32.3 Å². The van der Waals surface area contributed by atoms with E-state index in [2.05, 4.69) is 5.32 Å². The van der Waals surface area contributed by atoms with E-state index in [9.17, 15) is 4.79 Å². The molecule has 0 radical (unpaired) electrons. The first-order valence-corrected chi connectivity index (χ1v) is 7.09. The van der Waals surface area contributed by atoms with Crippen LogP contribution in [0.25, 0.3) is 0 Å². The topological polar surface area (TPSA) is 73.6 Å². The number of carbonyl (C=O) groups excluding carboxylic acids is 1. The number of carbonyl (C=O) groups is 1. The number of anilines is 1. The Morgan fingerprint density at radius 2 is 2.40 bits per heavy atom. The van der Waals surface area contributed by atoms with Gasteiger partial charge in [-0.1, -0.05) is 6.07 Å². The molecule has 0 aromatic heterocycles. The predicted octanol–water partition coefficient (Wildman–Crippen LogP) is 1.82. The third kappa shape index (κ3) is 3.63. The number of para-hydroxylation sites is 1. The lowest BCUT2D eigenvalue weighted by molar-refractivity contribution is 0.0536. The molecule has 0 saturated carbocycles. The van der Waals surface area contributed by atoms with E-state index in [1.54, 1.807) is 18.2 Å². The highest BCUT2D eigenvalue weighted by atomic mass is 16.5. The lowest BCUT2D eigenvalue weighted by Gasteiger charge is -2.22. The van der Waals surface area contributed by atoms with Crippen molar-refractivity contribution >= 4 is 11.6 Å². The minimum Gasteiger partial charge on any atom is -0.491 e. The van der Waals surface area contributed by atoms with E-state index >= 15 is 0 Å². The summed E-state index contributed by atoms with van der Waals surface area (Å²) in [5.74, 6) is 0.711. The molecule has 0 spiro atoms. The van der Waals surface area contributed by atoms with Gasteiger partial charge in [0.15, 0.2) is 5.75 Å². The van der Waals surface area contributed by atoms with Gasteiger partial charge in [-0.05, 0) is 37.8 Å². The molecule has 5 heteroatoms. The number of ether oxygens (including phenoxy) is 2. The van der Waals surface area contributed by atoms with Crippen molar-refractivity contribution in [2.45, 2.75) is 19.8 Å². The molecule has 1 unspecified atom stereocenters. The second-order valence-electron chi connectivity index (χ2n) is 4.95. The van der Waals surface area contributed by atoms with Gasteiger partial charge in [-0.3, -0.25) is 4.79 Å². The first-order valence-electron chi connectivity index (χ1n) is 7.09. The van der Waals surface area contributed by atoms with Gasteiger partial charge >= 0.3 is 0 Å². The van der Waals surface area contributed by atoms with Crippen LogP contribution in [0.4, 0.5) is 5.69 Å². The number of amides is 1. The monoisotopic (exact) mass is 278 g/mol. The molecule has 20 heavy (non-hydrogen) atoms. The molecule has 1 saturated heterocycles. The summed E-state index contributed by atoms with van der Waals surface area (Å²) in [5.41, 5.74) is 6.84. The molecule has 1 fully saturated rings. The number of benzene rings is 1. The Hall–Kier alpha value is -1.75. The third-order valence-electron chi connectivity index (χ3n) is 3.38. The molecule has 2 rings (SSSR count). The van der Waals surface area contributed by atoms with E-state index in [-0.39, 0.29) is 5.91 Å². The Labute approximate surface area is 119 Å². The average molecular weight is 278 g/mol. The quantitative estimate of drug-likeness (QED) is 0.806. The van der Waals surface area contributed by atoms with Crippen molar-refractivity contribution in [1.82, 2.24) is 5.32 Å². The second kappa shape index (κ2) is 7.14. The van der Waals surface area contributed by atoms with Crippen LogP contribution >= 0.6 is 0 Å². The van der Waals surface area contributed by atoms with Crippen LogP contribution in [-0.2, 0) is 4.74 Å². The van der Waals surface area contributed by atoms with E-state index in [0.717, 1.165) is 26.1 Å². The van der Waals surface area contributed by atoms with Gasteiger partial charge < -0.3 is 20.5 Å².